The molecular formula is C30H58O4. The summed E-state index contributed by atoms with van der Waals surface area (Å²) >= 11 is 0. The second-order valence-corrected chi connectivity index (χ2v) is 10.2. The fourth-order valence-electron chi connectivity index (χ4n) is 4.29. The number of hydrogen-bond acceptors (Lipinski definition) is 4. The summed E-state index contributed by atoms with van der Waals surface area (Å²) in [5, 5.41) is 0. The maximum absolute atomic E-state index is 12.0. The van der Waals surface area contributed by atoms with Gasteiger partial charge in [-0.1, -0.05) is 117 Å². The van der Waals surface area contributed by atoms with Crippen molar-refractivity contribution in [3.8, 4) is 0 Å². The minimum Gasteiger partial charge on any atom is -0.466 e. The van der Waals surface area contributed by atoms with Crippen molar-refractivity contribution in [2.75, 3.05) is 6.61 Å². The lowest BCUT2D eigenvalue weighted by Gasteiger charge is -2.13. The van der Waals surface area contributed by atoms with Crippen molar-refractivity contribution < 1.29 is 19.1 Å². The number of rotatable bonds is 26. The fourth-order valence-corrected chi connectivity index (χ4v) is 4.29. The lowest BCUT2D eigenvalue weighted by molar-refractivity contribution is -0.148. The maximum Gasteiger partial charge on any atom is 0.306 e. The molecule has 0 aromatic heterocycles. The third kappa shape index (κ3) is 25.6. The minimum absolute atomic E-state index is 0.0410. The Labute approximate surface area is 212 Å². The Bertz CT molecular complexity index is 449. The van der Waals surface area contributed by atoms with Gasteiger partial charge in [-0.15, -0.1) is 0 Å². The van der Waals surface area contributed by atoms with E-state index in [-0.39, 0.29) is 18.0 Å². The normalized spacial score (nSPS) is 12.0. The molecule has 4 heteroatoms. The topological polar surface area (TPSA) is 52.6 Å². The fraction of sp³-hybridized carbons (Fsp3) is 0.933. The maximum atomic E-state index is 12.0. The lowest BCUT2D eigenvalue weighted by atomic mass is 10.1. The molecule has 0 aromatic carbocycles. The quantitative estimate of drug-likeness (QED) is 0.0909. The summed E-state index contributed by atoms with van der Waals surface area (Å²) in [7, 11) is 0. The van der Waals surface area contributed by atoms with Crippen LogP contribution in [0.4, 0.5) is 0 Å². The zero-order valence-electron chi connectivity index (χ0n) is 23.2. The van der Waals surface area contributed by atoms with Gasteiger partial charge in [0.1, 0.15) is 0 Å². The van der Waals surface area contributed by atoms with E-state index in [0.717, 1.165) is 57.8 Å². The molecular weight excluding hydrogens is 424 g/mol. The van der Waals surface area contributed by atoms with Crippen LogP contribution < -0.4 is 0 Å². The van der Waals surface area contributed by atoms with Crippen LogP contribution in [-0.4, -0.2) is 24.6 Å². The minimum atomic E-state index is -0.0438. The van der Waals surface area contributed by atoms with Crippen molar-refractivity contribution in [2.45, 2.75) is 175 Å². The van der Waals surface area contributed by atoms with Gasteiger partial charge in [0.05, 0.1) is 12.7 Å². The molecule has 0 N–H and O–H groups in total. The summed E-state index contributed by atoms with van der Waals surface area (Å²) in [6.45, 7) is 7.08. The molecule has 0 aliphatic rings. The van der Waals surface area contributed by atoms with E-state index in [0.29, 0.717) is 19.4 Å². The van der Waals surface area contributed by atoms with E-state index in [4.69, 9.17) is 9.47 Å². The first-order valence-corrected chi connectivity index (χ1v) is 14.9. The molecule has 0 rings (SSSR count). The van der Waals surface area contributed by atoms with Crippen molar-refractivity contribution in [1.82, 2.24) is 0 Å². The molecule has 0 aliphatic carbocycles. The van der Waals surface area contributed by atoms with E-state index in [1.807, 2.05) is 6.92 Å². The SMILES string of the molecule is CCCCCCCCCCOC(=O)CCCCCCCCC(=O)OC(C)CCCCCCCC. The Balaban J connectivity index is 3.36. The average Bonchev–Trinajstić information content (AvgIpc) is 2.81. The van der Waals surface area contributed by atoms with Crippen molar-refractivity contribution in [2.24, 2.45) is 0 Å². The third-order valence-corrected chi connectivity index (χ3v) is 6.57. The molecule has 0 saturated heterocycles. The van der Waals surface area contributed by atoms with Crippen LogP contribution in [0.1, 0.15) is 168 Å². The molecule has 0 aromatic rings. The summed E-state index contributed by atoms with van der Waals surface area (Å²) < 4.78 is 10.9. The van der Waals surface area contributed by atoms with E-state index >= 15 is 0 Å². The van der Waals surface area contributed by atoms with Gasteiger partial charge in [-0.3, -0.25) is 9.59 Å². The number of esters is 2. The highest BCUT2D eigenvalue weighted by Gasteiger charge is 2.09. The highest BCUT2D eigenvalue weighted by atomic mass is 16.5. The van der Waals surface area contributed by atoms with Crippen molar-refractivity contribution in [3.63, 3.8) is 0 Å². The Kier molecular flexibility index (Phi) is 25.7. The Morgan fingerprint density at radius 1 is 0.529 bits per heavy atom. The molecule has 0 amide bonds. The molecule has 0 fully saturated rings. The largest absolute Gasteiger partial charge is 0.466 e. The monoisotopic (exact) mass is 482 g/mol. The Hall–Kier alpha value is -1.06. The summed E-state index contributed by atoms with van der Waals surface area (Å²) in [4.78, 5) is 23.8. The predicted molar refractivity (Wildman–Crippen MR) is 144 cm³/mol. The molecule has 0 aliphatic heterocycles. The number of ether oxygens (including phenoxy) is 2. The predicted octanol–water partition coefficient (Wildman–Crippen LogP) is 9.47. The van der Waals surface area contributed by atoms with E-state index < -0.39 is 0 Å². The number of carbonyl (C=O) groups excluding carboxylic acids is 2. The Morgan fingerprint density at radius 3 is 1.47 bits per heavy atom. The van der Waals surface area contributed by atoms with Crippen LogP contribution >= 0.6 is 0 Å². The molecule has 34 heavy (non-hydrogen) atoms. The number of hydrogen-bond donors (Lipinski definition) is 0. The van der Waals surface area contributed by atoms with Crippen molar-refractivity contribution in [3.05, 3.63) is 0 Å². The summed E-state index contributed by atoms with van der Waals surface area (Å²) in [6, 6.07) is 0. The second-order valence-electron chi connectivity index (χ2n) is 10.2. The molecule has 202 valence electrons. The standard InChI is InChI=1S/C30H58O4/c1-4-6-8-10-12-15-19-23-27-33-29(31)25-21-17-13-14-18-22-26-30(32)34-28(3)24-20-16-11-9-7-5-2/h28H,4-27H2,1-3H3. The molecule has 0 spiro atoms. The van der Waals surface area contributed by atoms with Gasteiger partial charge in [0.2, 0.25) is 0 Å². The molecule has 1 atom stereocenters. The van der Waals surface area contributed by atoms with Crippen molar-refractivity contribution >= 4 is 11.9 Å². The molecule has 0 bridgehead atoms. The van der Waals surface area contributed by atoms with Crippen LogP contribution in [0.3, 0.4) is 0 Å². The van der Waals surface area contributed by atoms with E-state index in [9.17, 15) is 9.59 Å². The first-order valence-electron chi connectivity index (χ1n) is 14.9. The summed E-state index contributed by atoms with van der Waals surface area (Å²) in [6.07, 6.45) is 26.0. The summed E-state index contributed by atoms with van der Waals surface area (Å²) in [5.74, 6) is -0.0847. The van der Waals surface area contributed by atoms with Gasteiger partial charge in [0.25, 0.3) is 0 Å². The molecule has 1 unspecified atom stereocenters. The highest BCUT2D eigenvalue weighted by Crippen LogP contribution is 2.13. The van der Waals surface area contributed by atoms with Crippen LogP contribution in [0, 0.1) is 0 Å². The van der Waals surface area contributed by atoms with Crippen molar-refractivity contribution in [1.29, 1.82) is 0 Å². The smallest absolute Gasteiger partial charge is 0.306 e. The third-order valence-electron chi connectivity index (χ3n) is 6.57. The number of unbranched alkanes of at least 4 members (excludes halogenated alkanes) is 17. The Morgan fingerprint density at radius 2 is 0.941 bits per heavy atom. The van der Waals surface area contributed by atoms with Gasteiger partial charge in [-0.25, -0.2) is 0 Å². The van der Waals surface area contributed by atoms with Gasteiger partial charge < -0.3 is 9.47 Å². The van der Waals surface area contributed by atoms with Gasteiger partial charge in [-0.05, 0) is 39.0 Å². The van der Waals surface area contributed by atoms with Gasteiger partial charge in [-0.2, -0.15) is 0 Å². The van der Waals surface area contributed by atoms with E-state index in [1.165, 1.54) is 77.0 Å². The van der Waals surface area contributed by atoms with Gasteiger partial charge >= 0.3 is 11.9 Å². The zero-order valence-corrected chi connectivity index (χ0v) is 23.2. The molecule has 4 nitrogen and oxygen atoms in total. The van der Waals surface area contributed by atoms with Crippen LogP contribution in [0.5, 0.6) is 0 Å². The second kappa shape index (κ2) is 26.5. The first kappa shape index (κ1) is 32.9. The molecule has 0 heterocycles. The summed E-state index contributed by atoms with van der Waals surface area (Å²) in [5.41, 5.74) is 0. The molecule has 0 radical (unpaired) electrons. The highest BCUT2D eigenvalue weighted by molar-refractivity contribution is 5.69. The van der Waals surface area contributed by atoms with E-state index in [2.05, 4.69) is 13.8 Å². The zero-order chi connectivity index (χ0) is 25.1. The lowest BCUT2D eigenvalue weighted by Crippen LogP contribution is -2.14. The van der Waals surface area contributed by atoms with Gasteiger partial charge in [0, 0.05) is 12.8 Å². The first-order chi connectivity index (χ1) is 16.6. The average molecular weight is 483 g/mol. The van der Waals surface area contributed by atoms with Crippen LogP contribution in [0.15, 0.2) is 0 Å². The molecule has 0 saturated carbocycles. The van der Waals surface area contributed by atoms with E-state index in [1.54, 1.807) is 0 Å². The number of carbonyl (C=O) groups is 2. The van der Waals surface area contributed by atoms with Crippen LogP contribution in [0.2, 0.25) is 0 Å². The van der Waals surface area contributed by atoms with Crippen LogP contribution in [-0.2, 0) is 19.1 Å². The van der Waals surface area contributed by atoms with Gasteiger partial charge in [0.15, 0.2) is 0 Å². The van der Waals surface area contributed by atoms with Crippen LogP contribution in [0.25, 0.3) is 0 Å².